The van der Waals surface area contributed by atoms with Crippen LogP contribution in [0.2, 0.25) is 0 Å². The number of carbonyl (C=O) groups excluding carboxylic acids is 1. The van der Waals surface area contributed by atoms with E-state index in [0.29, 0.717) is 35.3 Å². The third-order valence-electron chi connectivity index (χ3n) is 4.18. The number of para-hydroxylation sites is 2. The van der Waals surface area contributed by atoms with Crippen LogP contribution in [0.5, 0.6) is 17.2 Å². The van der Waals surface area contributed by atoms with Gasteiger partial charge in [-0.3, -0.25) is 4.79 Å². The molecule has 0 aliphatic heterocycles. The Bertz CT molecular complexity index is 889. The highest BCUT2D eigenvalue weighted by Crippen LogP contribution is 2.24. The molecule has 4 nitrogen and oxygen atoms in total. The molecule has 0 bridgehead atoms. The SMILES string of the molecule is CC(C)CCOc1ccccc1C(=O)Nc1ccc(Oc2ccccc2)cc1. The fourth-order valence-corrected chi connectivity index (χ4v) is 2.61. The molecule has 0 unspecified atom stereocenters. The normalized spacial score (nSPS) is 10.5. The van der Waals surface area contributed by atoms with Crippen LogP contribution in [0, 0.1) is 5.92 Å². The maximum Gasteiger partial charge on any atom is 0.259 e. The topological polar surface area (TPSA) is 47.6 Å². The van der Waals surface area contributed by atoms with Crippen LogP contribution in [0.3, 0.4) is 0 Å². The van der Waals surface area contributed by atoms with Crippen molar-refractivity contribution in [2.45, 2.75) is 20.3 Å². The van der Waals surface area contributed by atoms with Crippen molar-refractivity contribution in [3.63, 3.8) is 0 Å². The van der Waals surface area contributed by atoms with E-state index in [0.717, 1.165) is 12.2 Å². The quantitative estimate of drug-likeness (QED) is 0.513. The molecule has 0 fully saturated rings. The summed E-state index contributed by atoms with van der Waals surface area (Å²) in [6, 6.07) is 24.2. The average molecular weight is 375 g/mol. The smallest absolute Gasteiger partial charge is 0.259 e. The Hall–Kier alpha value is -3.27. The van der Waals surface area contributed by atoms with E-state index in [-0.39, 0.29) is 5.91 Å². The van der Waals surface area contributed by atoms with Crippen LogP contribution in [0.25, 0.3) is 0 Å². The first-order valence-corrected chi connectivity index (χ1v) is 9.48. The van der Waals surface area contributed by atoms with Gasteiger partial charge < -0.3 is 14.8 Å². The Morgan fingerprint density at radius 1 is 0.857 bits per heavy atom. The highest BCUT2D eigenvalue weighted by Gasteiger charge is 2.12. The van der Waals surface area contributed by atoms with Crippen molar-refractivity contribution >= 4 is 11.6 Å². The molecular weight excluding hydrogens is 350 g/mol. The van der Waals surface area contributed by atoms with Gasteiger partial charge in [0.2, 0.25) is 0 Å². The van der Waals surface area contributed by atoms with Gasteiger partial charge in [-0.15, -0.1) is 0 Å². The van der Waals surface area contributed by atoms with Crippen LogP contribution in [-0.2, 0) is 0 Å². The fraction of sp³-hybridized carbons (Fsp3) is 0.208. The van der Waals surface area contributed by atoms with E-state index >= 15 is 0 Å². The van der Waals surface area contributed by atoms with Crippen molar-refractivity contribution in [2.24, 2.45) is 5.92 Å². The minimum atomic E-state index is -0.197. The van der Waals surface area contributed by atoms with Crippen LogP contribution in [0.4, 0.5) is 5.69 Å². The number of carbonyl (C=O) groups is 1. The third-order valence-corrected chi connectivity index (χ3v) is 4.18. The Labute approximate surface area is 166 Å². The molecule has 0 aliphatic carbocycles. The molecule has 0 spiro atoms. The van der Waals surface area contributed by atoms with Gasteiger partial charge in [0, 0.05) is 5.69 Å². The summed E-state index contributed by atoms with van der Waals surface area (Å²) in [7, 11) is 0. The van der Waals surface area contributed by atoms with E-state index in [1.807, 2.05) is 72.8 Å². The van der Waals surface area contributed by atoms with Crippen LogP contribution in [0.15, 0.2) is 78.9 Å². The summed E-state index contributed by atoms with van der Waals surface area (Å²) >= 11 is 0. The Morgan fingerprint density at radius 3 is 2.21 bits per heavy atom. The zero-order valence-electron chi connectivity index (χ0n) is 16.2. The number of anilines is 1. The van der Waals surface area contributed by atoms with Gasteiger partial charge in [0.25, 0.3) is 5.91 Å². The predicted octanol–water partition coefficient (Wildman–Crippen LogP) is 6.16. The number of amides is 1. The molecule has 1 N–H and O–H groups in total. The molecule has 0 heterocycles. The molecule has 4 heteroatoms. The van der Waals surface area contributed by atoms with Gasteiger partial charge >= 0.3 is 0 Å². The van der Waals surface area contributed by atoms with Crippen molar-refractivity contribution in [3.05, 3.63) is 84.4 Å². The van der Waals surface area contributed by atoms with Gasteiger partial charge in [-0.2, -0.15) is 0 Å². The van der Waals surface area contributed by atoms with Crippen LogP contribution >= 0.6 is 0 Å². The average Bonchev–Trinajstić information content (AvgIpc) is 2.70. The summed E-state index contributed by atoms with van der Waals surface area (Å²) in [4.78, 5) is 12.7. The largest absolute Gasteiger partial charge is 0.493 e. The first-order chi connectivity index (χ1) is 13.6. The summed E-state index contributed by atoms with van der Waals surface area (Å²) in [6.45, 7) is 4.88. The lowest BCUT2D eigenvalue weighted by Crippen LogP contribution is -2.14. The maximum absolute atomic E-state index is 12.7. The van der Waals surface area contributed by atoms with Crippen LogP contribution in [-0.4, -0.2) is 12.5 Å². The molecule has 1 amide bonds. The molecular formula is C24H25NO3. The summed E-state index contributed by atoms with van der Waals surface area (Å²) in [5, 5.41) is 2.91. The molecule has 0 saturated heterocycles. The first kappa shape index (κ1) is 19.5. The van der Waals surface area contributed by atoms with E-state index < -0.39 is 0 Å². The minimum absolute atomic E-state index is 0.197. The lowest BCUT2D eigenvalue weighted by molar-refractivity contribution is 0.102. The van der Waals surface area contributed by atoms with Crippen molar-refractivity contribution in [1.29, 1.82) is 0 Å². The standard InChI is InChI=1S/C24H25NO3/c1-18(2)16-17-27-23-11-7-6-10-22(23)24(26)25-19-12-14-21(15-13-19)28-20-8-4-3-5-9-20/h3-15,18H,16-17H2,1-2H3,(H,25,26). The van der Waals surface area contributed by atoms with E-state index in [9.17, 15) is 4.79 Å². The van der Waals surface area contributed by atoms with E-state index in [4.69, 9.17) is 9.47 Å². The van der Waals surface area contributed by atoms with Crippen LogP contribution < -0.4 is 14.8 Å². The van der Waals surface area contributed by atoms with Gasteiger partial charge in [-0.05, 0) is 60.9 Å². The predicted molar refractivity (Wildman–Crippen MR) is 112 cm³/mol. The zero-order valence-corrected chi connectivity index (χ0v) is 16.2. The molecule has 28 heavy (non-hydrogen) atoms. The van der Waals surface area contributed by atoms with E-state index in [2.05, 4.69) is 19.2 Å². The molecule has 3 rings (SSSR count). The molecule has 144 valence electrons. The number of benzene rings is 3. The summed E-state index contributed by atoms with van der Waals surface area (Å²) in [5.74, 6) is 2.44. The zero-order chi connectivity index (χ0) is 19.8. The van der Waals surface area contributed by atoms with Gasteiger partial charge in [-0.1, -0.05) is 44.2 Å². The molecule has 3 aromatic carbocycles. The minimum Gasteiger partial charge on any atom is -0.493 e. The first-order valence-electron chi connectivity index (χ1n) is 9.48. The fourth-order valence-electron chi connectivity index (χ4n) is 2.61. The molecule has 0 radical (unpaired) electrons. The lowest BCUT2D eigenvalue weighted by atomic mass is 10.1. The monoisotopic (exact) mass is 375 g/mol. The number of nitrogens with one attached hydrogen (secondary N) is 1. The maximum atomic E-state index is 12.7. The Balaban J connectivity index is 1.63. The van der Waals surface area contributed by atoms with Crippen LogP contribution in [0.1, 0.15) is 30.6 Å². The van der Waals surface area contributed by atoms with Crippen molar-refractivity contribution < 1.29 is 14.3 Å². The second-order valence-electron chi connectivity index (χ2n) is 6.92. The van der Waals surface area contributed by atoms with Gasteiger partial charge in [0.15, 0.2) is 0 Å². The number of hydrogen-bond acceptors (Lipinski definition) is 3. The highest BCUT2D eigenvalue weighted by atomic mass is 16.5. The molecule has 0 aromatic heterocycles. The molecule has 0 saturated carbocycles. The summed E-state index contributed by atoms with van der Waals surface area (Å²) < 4.78 is 11.6. The van der Waals surface area contributed by atoms with Crippen molar-refractivity contribution in [2.75, 3.05) is 11.9 Å². The van der Waals surface area contributed by atoms with E-state index in [1.165, 1.54) is 0 Å². The second-order valence-corrected chi connectivity index (χ2v) is 6.92. The summed E-state index contributed by atoms with van der Waals surface area (Å²) in [5.41, 5.74) is 1.22. The van der Waals surface area contributed by atoms with Gasteiger partial charge in [-0.25, -0.2) is 0 Å². The second kappa shape index (κ2) is 9.60. The number of ether oxygens (including phenoxy) is 2. The molecule has 0 aliphatic rings. The van der Waals surface area contributed by atoms with Crippen molar-refractivity contribution in [1.82, 2.24) is 0 Å². The van der Waals surface area contributed by atoms with Crippen molar-refractivity contribution in [3.8, 4) is 17.2 Å². The Kier molecular flexibility index (Phi) is 6.68. The third kappa shape index (κ3) is 5.61. The molecule has 0 atom stereocenters. The lowest BCUT2D eigenvalue weighted by Gasteiger charge is -2.13. The number of rotatable bonds is 8. The highest BCUT2D eigenvalue weighted by molar-refractivity contribution is 6.06. The van der Waals surface area contributed by atoms with Gasteiger partial charge in [0.05, 0.1) is 12.2 Å². The Morgan fingerprint density at radius 2 is 1.50 bits per heavy atom. The van der Waals surface area contributed by atoms with Gasteiger partial charge in [0.1, 0.15) is 17.2 Å². The molecule has 3 aromatic rings. The number of hydrogen-bond donors (Lipinski definition) is 1. The summed E-state index contributed by atoms with van der Waals surface area (Å²) in [6.07, 6.45) is 0.943. The van der Waals surface area contributed by atoms with E-state index in [1.54, 1.807) is 6.07 Å².